The van der Waals surface area contributed by atoms with E-state index in [-0.39, 0.29) is 5.91 Å². The first-order valence-corrected chi connectivity index (χ1v) is 7.39. The van der Waals surface area contributed by atoms with E-state index in [0.29, 0.717) is 6.42 Å². The molecule has 1 aromatic heterocycles. The van der Waals surface area contributed by atoms with Gasteiger partial charge < -0.3 is 5.32 Å². The lowest BCUT2D eigenvalue weighted by Gasteiger charge is -2.09. The molecule has 0 atom stereocenters. The second kappa shape index (κ2) is 6.06. The second-order valence-corrected chi connectivity index (χ2v) is 5.57. The maximum atomic E-state index is 12.2. The molecule has 0 unspecified atom stereocenters. The number of hydrogen-bond acceptors (Lipinski definition) is 2. The number of halogens is 1. The van der Waals surface area contributed by atoms with Crippen molar-refractivity contribution in [2.24, 2.45) is 0 Å². The van der Waals surface area contributed by atoms with E-state index in [9.17, 15) is 4.79 Å². The lowest BCUT2D eigenvalue weighted by atomic mass is 10.0. The number of fused-ring (bicyclic) bond motifs is 1. The maximum Gasteiger partial charge on any atom is 0.228 e. The van der Waals surface area contributed by atoms with Gasteiger partial charge >= 0.3 is 0 Å². The van der Waals surface area contributed by atoms with Gasteiger partial charge in [0, 0.05) is 12.4 Å². The summed E-state index contributed by atoms with van der Waals surface area (Å²) in [7, 11) is 0. The molecule has 3 nitrogen and oxygen atoms in total. The summed E-state index contributed by atoms with van der Waals surface area (Å²) in [6.07, 6.45) is 3.65. The van der Waals surface area contributed by atoms with Gasteiger partial charge in [0.25, 0.3) is 0 Å². The monoisotopic (exact) mass is 340 g/mol. The van der Waals surface area contributed by atoms with Crippen molar-refractivity contribution in [1.29, 1.82) is 0 Å². The van der Waals surface area contributed by atoms with Crippen LogP contribution in [0.3, 0.4) is 0 Å². The van der Waals surface area contributed by atoms with Gasteiger partial charge in [0.15, 0.2) is 0 Å². The second-order valence-electron chi connectivity index (χ2n) is 4.72. The van der Waals surface area contributed by atoms with Crippen LogP contribution in [0.25, 0.3) is 10.8 Å². The average Bonchev–Trinajstić information content (AvgIpc) is 2.50. The van der Waals surface area contributed by atoms with Crippen molar-refractivity contribution in [3.8, 4) is 0 Å². The van der Waals surface area contributed by atoms with Gasteiger partial charge in [0.2, 0.25) is 5.91 Å². The first-order chi connectivity index (χ1) is 10.2. The zero-order valence-corrected chi connectivity index (χ0v) is 12.8. The third kappa shape index (κ3) is 3.11. The Bertz CT molecular complexity index is 796. The van der Waals surface area contributed by atoms with Crippen LogP contribution in [0.1, 0.15) is 5.56 Å². The fraction of sp³-hybridized carbons (Fsp3) is 0.0588. The fourth-order valence-electron chi connectivity index (χ4n) is 2.29. The van der Waals surface area contributed by atoms with Gasteiger partial charge in [0.1, 0.15) is 0 Å². The minimum absolute atomic E-state index is 0.0433. The van der Waals surface area contributed by atoms with Crippen LogP contribution in [0.4, 0.5) is 5.69 Å². The molecule has 0 saturated carbocycles. The van der Waals surface area contributed by atoms with Gasteiger partial charge in [-0.1, -0.05) is 42.5 Å². The largest absolute Gasteiger partial charge is 0.325 e. The first kappa shape index (κ1) is 13.8. The van der Waals surface area contributed by atoms with Crippen molar-refractivity contribution in [2.45, 2.75) is 6.42 Å². The molecule has 1 amide bonds. The lowest BCUT2D eigenvalue weighted by molar-refractivity contribution is -0.115. The highest BCUT2D eigenvalue weighted by Gasteiger charge is 2.08. The summed E-state index contributed by atoms with van der Waals surface area (Å²) in [5.41, 5.74) is 1.76. The van der Waals surface area contributed by atoms with Crippen molar-refractivity contribution >= 4 is 38.3 Å². The summed E-state index contributed by atoms with van der Waals surface area (Å²) >= 11 is 3.37. The van der Waals surface area contributed by atoms with Crippen molar-refractivity contribution in [2.75, 3.05) is 5.32 Å². The number of amides is 1. The predicted octanol–water partition coefficient (Wildman–Crippen LogP) is 4.18. The van der Waals surface area contributed by atoms with Crippen LogP contribution in [0, 0.1) is 0 Å². The number of aromatic nitrogens is 1. The molecule has 3 rings (SSSR count). The number of pyridine rings is 1. The predicted molar refractivity (Wildman–Crippen MR) is 88.2 cm³/mol. The lowest BCUT2D eigenvalue weighted by Crippen LogP contribution is -2.15. The van der Waals surface area contributed by atoms with E-state index in [2.05, 4.69) is 38.4 Å². The molecule has 2 aromatic carbocycles. The minimum atomic E-state index is -0.0433. The summed E-state index contributed by atoms with van der Waals surface area (Å²) in [5.74, 6) is -0.0433. The van der Waals surface area contributed by atoms with Gasteiger partial charge in [-0.2, -0.15) is 0 Å². The maximum absolute atomic E-state index is 12.2. The molecule has 0 aliphatic heterocycles. The molecular weight excluding hydrogens is 328 g/mol. The summed E-state index contributed by atoms with van der Waals surface area (Å²) in [4.78, 5) is 16.2. The Balaban J connectivity index is 1.82. The van der Waals surface area contributed by atoms with Crippen LogP contribution in [0.2, 0.25) is 0 Å². The number of carbonyl (C=O) groups is 1. The fourth-order valence-corrected chi connectivity index (χ4v) is 2.64. The van der Waals surface area contributed by atoms with Crippen molar-refractivity contribution < 1.29 is 4.79 Å². The molecule has 1 heterocycles. The van der Waals surface area contributed by atoms with E-state index in [1.807, 2.05) is 30.3 Å². The zero-order chi connectivity index (χ0) is 14.7. The number of anilines is 1. The third-order valence-corrected chi connectivity index (χ3v) is 3.91. The van der Waals surface area contributed by atoms with Crippen LogP contribution >= 0.6 is 15.9 Å². The van der Waals surface area contributed by atoms with Crippen LogP contribution in [-0.2, 0) is 11.2 Å². The van der Waals surface area contributed by atoms with E-state index in [1.165, 1.54) is 0 Å². The molecule has 21 heavy (non-hydrogen) atoms. The Kier molecular flexibility index (Phi) is 3.97. The molecule has 0 aliphatic carbocycles. The van der Waals surface area contributed by atoms with Gasteiger partial charge in [-0.25, -0.2) is 0 Å². The Hall–Kier alpha value is -2.20. The minimum Gasteiger partial charge on any atom is -0.325 e. The van der Waals surface area contributed by atoms with Gasteiger partial charge in [0.05, 0.1) is 16.6 Å². The van der Waals surface area contributed by atoms with Gasteiger partial charge in [-0.15, -0.1) is 0 Å². The molecule has 0 bridgehead atoms. The molecule has 1 N–H and O–H groups in total. The first-order valence-electron chi connectivity index (χ1n) is 6.60. The smallest absolute Gasteiger partial charge is 0.228 e. The van der Waals surface area contributed by atoms with Crippen molar-refractivity contribution in [3.05, 3.63) is 71.0 Å². The SMILES string of the molecule is O=C(Cc1cccc2ccccc12)Nc1ccncc1Br. The quantitative estimate of drug-likeness (QED) is 0.777. The van der Waals surface area contributed by atoms with E-state index in [0.717, 1.165) is 26.5 Å². The summed E-state index contributed by atoms with van der Waals surface area (Å²) in [5, 5.41) is 5.16. The number of benzene rings is 2. The number of hydrogen-bond donors (Lipinski definition) is 1. The molecule has 0 spiro atoms. The van der Waals surface area contributed by atoms with E-state index in [1.54, 1.807) is 18.5 Å². The molecule has 0 saturated heterocycles. The number of rotatable bonds is 3. The van der Waals surface area contributed by atoms with Crippen molar-refractivity contribution in [3.63, 3.8) is 0 Å². The molecule has 0 aliphatic rings. The highest BCUT2D eigenvalue weighted by atomic mass is 79.9. The van der Waals surface area contributed by atoms with Gasteiger partial charge in [-0.3, -0.25) is 9.78 Å². The average molecular weight is 341 g/mol. The number of carbonyl (C=O) groups excluding carboxylic acids is 1. The van der Waals surface area contributed by atoms with Crippen molar-refractivity contribution in [1.82, 2.24) is 4.98 Å². The third-order valence-electron chi connectivity index (χ3n) is 3.28. The zero-order valence-electron chi connectivity index (χ0n) is 11.2. The van der Waals surface area contributed by atoms with Crippen LogP contribution in [0.15, 0.2) is 65.4 Å². The Labute approximate surface area is 131 Å². The molecule has 3 aromatic rings. The molecule has 0 radical (unpaired) electrons. The Morgan fingerprint density at radius 1 is 1.10 bits per heavy atom. The van der Waals surface area contributed by atoms with E-state index in [4.69, 9.17) is 0 Å². The summed E-state index contributed by atoms with van der Waals surface area (Å²) in [6.45, 7) is 0. The van der Waals surface area contributed by atoms with E-state index >= 15 is 0 Å². The van der Waals surface area contributed by atoms with Gasteiger partial charge in [-0.05, 0) is 38.3 Å². The van der Waals surface area contributed by atoms with Crippen LogP contribution in [-0.4, -0.2) is 10.9 Å². The standard InChI is InChI=1S/C17H13BrN2O/c18-15-11-19-9-8-16(15)20-17(21)10-13-6-3-5-12-4-1-2-7-14(12)13/h1-9,11H,10H2,(H,19,20,21). The Morgan fingerprint density at radius 2 is 1.90 bits per heavy atom. The summed E-state index contributed by atoms with van der Waals surface area (Å²) in [6, 6.07) is 15.9. The highest BCUT2D eigenvalue weighted by Crippen LogP contribution is 2.22. The number of nitrogens with one attached hydrogen (secondary N) is 1. The topological polar surface area (TPSA) is 42.0 Å². The Morgan fingerprint density at radius 3 is 2.76 bits per heavy atom. The van der Waals surface area contributed by atoms with Crippen LogP contribution in [0.5, 0.6) is 0 Å². The molecular formula is C17H13BrN2O. The normalized spacial score (nSPS) is 10.5. The molecule has 104 valence electrons. The molecule has 0 fully saturated rings. The molecule has 4 heteroatoms. The van der Waals surface area contributed by atoms with E-state index < -0.39 is 0 Å². The summed E-state index contributed by atoms with van der Waals surface area (Å²) < 4.78 is 0.774. The number of nitrogens with zero attached hydrogens (tertiary/aromatic N) is 1. The highest BCUT2D eigenvalue weighted by molar-refractivity contribution is 9.10. The van der Waals surface area contributed by atoms with Crippen LogP contribution < -0.4 is 5.32 Å².